The van der Waals surface area contributed by atoms with Gasteiger partial charge in [-0.05, 0) is 48.7 Å². The quantitative estimate of drug-likeness (QED) is 0.474. The Labute approximate surface area is 186 Å². The molecule has 1 aromatic heterocycles. The molecular formula is C24H25ClN4O2. The van der Waals surface area contributed by atoms with Gasteiger partial charge in [0.05, 0.1) is 28.2 Å². The van der Waals surface area contributed by atoms with Gasteiger partial charge in [0.2, 0.25) is 0 Å². The molecule has 6 nitrogen and oxygen atoms in total. The molecule has 1 saturated heterocycles. The molecule has 1 amide bonds. The Kier molecular flexibility index (Phi) is 6.82. The molecule has 1 aliphatic rings. The number of rotatable bonds is 7. The molecule has 7 heteroatoms. The van der Waals surface area contributed by atoms with Gasteiger partial charge in [0.15, 0.2) is 0 Å². The van der Waals surface area contributed by atoms with E-state index in [4.69, 9.17) is 22.1 Å². The molecule has 0 spiro atoms. The Morgan fingerprint density at radius 3 is 2.71 bits per heavy atom. The molecule has 1 aliphatic heterocycles. The normalized spacial score (nSPS) is 15.7. The number of benzene rings is 2. The van der Waals surface area contributed by atoms with Gasteiger partial charge in [-0.1, -0.05) is 35.9 Å². The van der Waals surface area contributed by atoms with Crippen molar-refractivity contribution in [2.75, 3.05) is 24.2 Å². The molecular weight excluding hydrogens is 412 g/mol. The number of nitrogens with one attached hydrogen (secondary N) is 2. The highest BCUT2D eigenvalue weighted by atomic mass is 35.5. The van der Waals surface area contributed by atoms with Crippen molar-refractivity contribution in [1.29, 1.82) is 0 Å². The predicted molar refractivity (Wildman–Crippen MR) is 124 cm³/mol. The fourth-order valence-electron chi connectivity index (χ4n) is 3.55. The molecule has 31 heavy (non-hydrogen) atoms. The molecule has 1 fully saturated rings. The first-order valence-corrected chi connectivity index (χ1v) is 10.7. The summed E-state index contributed by atoms with van der Waals surface area (Å²) in [7, 11) is 0. The fraction of sp³-hybridized carbons (Fsp3) is 0.250. The largest absolute Gasteiger partial charge is 0.397 e. The third kappa shape index (κ3) is 5.41. The summed E-state index contributed by atoms with van der Waals surface area (Å²) in [6.45, 7) is 2.38. The summed E-state index contributed by atoms with van der Waals surface area (Å²) in [5.74, 6) is -0.226. The van der Waals surface area contributed by atoms with Crippen LogP contribution >= 0.6 is 11.6 Å². The summed E-state index contributed by atoms with van der Waals surface area (Å²) in [4.78, 5) is 17.0. The van der Waals surface area contributed by atoms with Crippen LogP contribution in [-0.2, 0) is 11.3 Å². The van der Waals surface area contributed by atoms with E-state index >= 15 is 0 Å². The Balaban J connectivity index is 1.38. The highest BCUT2D eigenvalue weighted by Gasteiger charge is 2.15. The number of aromatic nitrogens is 1. The first-order valence-electron chi connectivity index (χ1n) is 10.3. The van der Waals surface area contributed by atoms with Crippen molar-refractivity contribution in [3.05, 3.63) is 76.9 Å². The van der Waals surface area contributed by atoms with Gasteiger partial charge < -0.3 is 21.1 Å². The summed E-state index contributed by atoms with van der Waals surface area (Å²) in [6.07, 6.45) is 4.37. The van der Waals surface area contributed by atoms with E-state index in [1.165, 1.54) is 0 Å². The molecule has 2 aromatic carbocycles. The van der Waals surface area contributed by atoms with Crippen molar-refractivity contribution < 1.29 is 9.53 Å². The van der Waals surface area contributed by atoms with Crippen LogP contribution in [0.4, 0.5) is 11.4 Å². The fourth-order valence-corrected chi connectivity index (χ4v) is 3.85. The molecule has 1 atom stereocenters. The van der Waals surface area contributed by atoms with E-state index in [1.54, 1.807) is 24.3 Å². The summed E-state index contributed by atoms with van der Waals surface area (Å²) in [5, 5.41) is 6.79. The maximum atomic E-state index is 12.5. The van der Waals surface area contributed by atoms with Gasteiger partial charge in [-0.2, -0.15) is 0 Å². The standard InChI is InChI=1S/C24H25ClN4O2/c25-20-12-16(13-27-15-19-4-3-11-31-19)14-28-23(20)17-7-9-18(10-8-17)24(30)29-22-6-2-1-5-21(22)26/h1-2,5-10,12,14,19,27H,3-4,11,13,15,26H2,(H,29,30). The van der Waals surface area contributed by atoms with Gasteiger partial charge in [-0.25, -0.2) is 0 Å². The van der Waals surface area contributed by atoms with Crippen LogP contribution in [0, 0.1) is 0 Å². The Morgan fingerprint density at radius 1 is 1.19 bits per heavy atom. The molecule has 2 heterocycles. The molecule has 4 N–H and O–H groups in total. The lowest BCUT2D eigenvalue weighted by molar-refractivity contribution is 0.102. The van der Waals surface area contributed by atoms with E-state index in [9.17, 15) is 4.79 Å². The molecule has 0 radical (unpaired) electrons. The maximum Gasteiger partial charge on any atom is 0.255 e. The van der Waals surface area contributed by atoms with E-state index in [-0.39, 0.29) is 5.91 Å². The minimum absolute atomic E-state index is 0.226. The van der Waals surface area contributed by atoms with E-state index < -0.39 is 0 Å². The van der Waals surface area contributed by atoms with Crippen LogP contribution in [0.3, 0.4) is 0 Å². The average Bonchev–Trinajstić information content (AvgIpc) is 3.29. The zero-order valence-electron chi connectivity index (χ0n) is 17.1. The number of halogens is 1. The number of nitrogen functional groups attached to an aromatic ring is 1. The zero-order valence-corrected chi connectivity index (χ0v) is 17.9. The molecule has 0 aliphatic carbocycles. The Bertz CT molecular complexity index is 1050. The lowest BCUT2D eigenvalue weighted by Crippen LogP contribution is -2.25. The van der Waals surface area contributed by atoms with Crippen LogP contribution in [-0.4, -0.2) is 30.1 Å². The zero-order chi connectivity index (χ0) is 21.6. The van der Waals surface area contributed by atoms with Crippen molar-refractivity contribution in [3.8, 4) is 11.3 Å². The summed E-state index contributed by atoms with van der Waals surface area (Å²) in [5.41, 5.74) is 10.1. The van der Waals surface area contributed by atoms with E-state index in [2.05, 4.69) is 15.6 Å². The second kappa shape index (κ2) is 9.92. The van der Waals surface area contributed by atoms with Crippen LogP contribution in [0.25, 0.3) is 11.3 Å². The van der Waals surface area contributed by atoms with Crippen molar-refractivity contribution >= 4 is 28.9 Å². The van der Waals surface area contributed by atoms with Crippen LogP contribution in [0.1, 0.15) is 28.8 Å². The first-order chi connectivity index (χ1) is 15.1. The van der Waals surface area contributed by atoms with E-state index in [0.717, 1.165) is 37.1 Å². The number of hydrogen-bond donors (Lipinski definition) is 3. The van der Waals surface area contributed by atoms with Crippen molar-refractivity contribution in [1.82, 2.24) is 10.3 Å². The maximum absolute atomic E-state index is 12.5. The molecule has 1 unspecified atom stereocenters. The minimum atomic E-state index is -0.226. The van der Waals surface area contributed by atoms with Gasteiger partial charge in [-0.3, -0.25) is 9.78 Å². The number of anilines is 2. The summed E-state index contributed by atoms with van der Waals surface area (Å²) < 4.78 is 5.62. The molecule has 0 saturated carbocycles. The third-order valence-corrected chi connectivity index (χ3v) is 5.54. The third-order valence-electron chi connectivity index (χ3n) is 5.25. The topological polar surface area (TPSA) is 89.3 Å². The number of ether oxygens (including phenoxy) is 1. The second-order valence-electron chi connectivity index (χ2n) is 7.56. The number of carbonyl (C=O) groups is 1. The Morgan fingerprint density at radius 2 is 2.00 bits per heavy atom. The SMILES string of the molecule is Nc1ccccc1NC(=O)c1ccc(-c2ncc(CNCC3CCCO3)cc2Cl)cc1. The highest BCUT2D eigenvalue weighted by Crippen LogP contribution is 2.27. The molecule has 3 aromatic rings. The molecule has 4 rings (SSSR count). The number of hydrogen-bond acceptors (Lipinski definition) is 5. The van der Waals surface area contributed by atoms with Gasteiger partial charge in [0.1, 0.15) is 0 Å². The number of para-hydroxylation sites is 2. The second-order valence-corrected chi connectivity index (χ2v) is 7.97. The number of pyridine rings is 1. The van der Waals surface area contributed by atoms with Crippen molar-refractivity contribution in [2.45, 2.75) is 25.5 Å². The number of nitrogens with zero attached hydrogens (tertiary/aromatic N) is 1. The minimum Gasteiger partial charge on any atom is -0.397 e. The highest BCUT2D eigenvalue weighted by molar-refractivity contribution is 6.33. The number of carbonyl (C=O) groups excluding carboxylic acids is 1. The van der Waals surface area contributed by atoms with Gasteiger partial charge in [0, 0.05) is 37.0 Å². The lowest BCUT2D eigenvalue weighted by atomic mass is 10.1. The summed E-state index contributed by atoms with van der Waals surface area (Å²) in [6, 6.07) is 16.3. The van der Waals surface area contributed by atoms with Crippen molar-refractivity contribution in [2.24, 2.45) is 0 Å². The van der Waals surface area contributed by atoms with Crippen LogP contribution in [0.2, 0.25) is 5.02 Å². The number of amides is 1. The van der Waals surface area contributed by atoms with Gasteiger partial charge >= 0.3 is 0 Å². The van der Waals surface area contributed by atoms with E-state index in [1.807, 2.05) is 36.5 Å². The lowest BCUT2D eigenvalue weighted by Gasteiger charge is -2.12. The van der Waals surface area contributed by atoms with Crippen LogP contribution in [0.5, 0.6) is 0 Å². The first kappa shape index (κ1) is 21.3. The Hall–Kier alpha value is -2.93. The van der Waals surface area contributed by atoms with Crippen molar-refractivity contribution in [3.63, 3.8) is 0 Å². The smallest absolute Gasteiger partial charge is 0.255 e. The van der Waals surface area contributed by atoms with Crippen LogP contribution < -0.4 is 16.4 Å². The number of nitrogens with two attached hydrogens (primary N) is 1. The monoisotopic (exact) mass is 436 g/mol. The summed E-state index contributed by atoms with van der Waals surface area (Å²) >= 11 is 6.49. The molecule has 0 bridgehead atoms. The van der Waals surface area contributed by atoms with E-state index in [0.29, 0.717) is 40.3 Å². The predicted octanol–water partition coefficient (Wildman–Crippen LogP) is 4.51. The van der Waals surface area contributed by atoms with Gasteiger partial charge in [0.25, 0.3) is 5.91 Å². The molecule has 160 valence electrons. The van der Waals surface area contributed by atoms with Gasteiger partial charge in [-0.15, -0.1) is 0 Å². The van der Waals surface area contributed by atoms with Crippen LogP contribution in [0.15, 0.2) is 60.8 Å². The average molecular weight is 437 g/mol.